The largest absolute Gasteiger partial charge is 0.496 e. The van der Waals surface area contributed by atoms with Crippen molar-refractivity contribution in [2.75, 3.05) is 32.7 Å². The first kappa shape index (κ1) is 36.5. The number of piperidine rings is 2. The Labute approximate surface area is 319 Å². The molecule has 1 aliphatic carbocycles. The van der Waals surface area contributed by atoms with E-state index in [0.717, 1.165) is 4.90 Å². The Morgan fingerprint density at radius 2 is 1.79 bits per heavy atom. The zero-order chi connectivity index (χ0) is 39.5. The van der Waals surface area contributed by atoms with Gasteiger partial charge in [0.15, 0.2) is 0 Å². The summed E-state index contributed by atoms with van der Waals surface area (Å²) in [6.07, 6.45) is 4.34. The van der Waals surface area contributed by atoms with Crippen LogP contribution in [0.5, 0.6) is 11.5 Å². The molecule has 2 aromatic heterocycles. The van der Waals surface area contributed by atoms with Crippen molar-refractivity contribution in [1.82, 2.24) is 39.7 Å². The predicted molar refractivity (Wildman–Crippen MR) is 195 cm³/mol. The Balaban J connectivity index is 0.819. The van der Waals surface area contributed by atoms with Crippen molar-refractivity contribution in [3.63, 3.8) is 0 Å². The number of hydrogen-bond acceptors (Lipinski definition) is 13. The van der Waals surface area contributed by atoms with E-state index in [2.05, 4.69) is 25.9 Å². The van der Waals surface area contributed by atoms with Crippen molar-refractivity contribution in [1.29, 1.82) is 0 Å². The predicted octanol–water partition coefficient (Wildman–Crippen LogP) is 1.20. The molecule has 0 radical (unpaired) electrons. The summed E-state index contributed by atoms with van der Waals surface area (Å²) in [5, 5.41) is 13.9. The van der Waals surface area contributed by atoms with Gasteiger partial charge in [0.1, 0.15) is 35.0 Å². The molecule has 1 saturated carbocycles. The van der Waals surface area contributed by atoms with E-state index in [-0.39, 0.29) is 67.1 Å². The molecule has 1 unspecified atom stereocenters. The zero-order valence-electron chi connectivity index (χ0n) is 31.2. The lowest BCUT2D eigenvalue weighted by molar-refractivity contribution is -0.158. The van der Waals surface area contributed by atoms with Gasteiger partial charge in [0.05, 0.1) is 62.0 Å². The number of amides is 5. The Morgan fingerprint density at radius 1 is 1.04 bits per heavy atom. The number of carbonyl (C=O) groups excluding carboxylic acids is 5. The highest BCUT2D eigenvalue weighted by atomic mass is 16.5. The van der Waals surface area contributed by atoms with Crippen LogP contribution < -0.4 is 25.7 Å². The Kier molecular flexibility index (Phi) is 9.14. The number of rotatable bonds is 14. The molecule has 3 saturated heterocycles. The minimum absolute atomic E-state index is 0.0335. The molecule has 2 bridgehead atoms. The van der Waals surface area contributed by atoms with E-state index in [1.807, 2.05) is 0 Å². The van der Waals surface area contributed by atoms with Gasteiger partial charge in [0.2, 0.25) is 11.8 Å². The molecule has 290 valence electrons. The van der Waals surface area contributed by atoms with Crippen LogP contribution >= 0.6 is 0 Å². The lowest BCUT2D eigenvalue weighted by Gasteiger charge is -2.52. The van der Waals surface area contributed by atoms with Gasteiger partial charge in [0.25, 0.3) is 23.3 Å². The van der Waals surface area contributed by atoms with E-state index in [9.17, 15) is 28.8 Å². The minimum Gasteiger partial charge on any atom is -0.496 e. The van der Waals surface area contributed by atoms with Crippen LogP contribution in [0.25, 0.3) is 11.3 Å². The SMILES string of the molecule is COc1cc(-c2cn(C)c(=O)c(C)n2)cc(OC)c1COCC(=O)N1CC1CCn1cc(CNc2cccc3c2C(=O)N(C24CC(C2)C(=O)NC4=O)C3=O)nn1. The van der Waals surface area contributed by atoms with E-state index in [0.29, 0.717) is 64.9 Å². The molecular weight excluding hydrogens is 726 g/mol. The molecule has 1 atom stereocenters. The van der Waals surface area contributed by atoms with Crippen LogP contribution in [-0.4, -0.2) is 103 Å². The van der Waals surface area contributed by atoms with Crippen LogP contribution in [0.2, 0.25) is 0 Å². The number of imide groups is 2. The first-order chi connectivity index (χ1) is 26.9. The van der Waals surface area contributed by atoms with Crippen LogP contribution in [0, 0.1) is 12.8 Å². The van der Waals surface area contributed by atoms with Crippen molar-refractivity contribution in [3.8, 4) is 22.8 Å². The van der Waals surface area contributed by atoms with Crippen LogP contribution in [0.1, 0.15) is 56.9 Å². The fraction of sp³-hybridized carbons (Fsp3) is 0.395. The Morgan fingerprint density at radius 3 is 2.48 bits per heavy atom. The molecule has 5 amide bonds. The third-order valence-corrected chi connectivity index (χ3v) is 10.9. The molecule has 0 spiro atoms. The quantitative estimate of drug-likeness (QED) is 0.137. The molecule has 4 fully saturated rings. The lowest BCUT2D eigenvalue weighted by Crippen LogP contribution is -2.74. The van der Waals surface area contributed by atoms with Gasteiger partial charge in [0, 0.05) is 43.5 Å². The van der Waals surface area contributed by atoms with Gasteiger partial charge in [-0.1, -0.05) is 11.3 Å². The maximum atomic E-state index is 13.6. The van der Waals surface area contributed by atoms with Gasteiger partial charge >= 0.3 is 0 Å². The van der Waals surface area contributed by atoms with Crippen LogP contribution in [0.3, 0.4) is 0 Å². The summed E-state index contributed by atoms with van der Waals surface area (Å²) in [5.41, 5.74) is 2.15. The number of ether oxygens (including phenoxy) is 3. The normalized spacial score (nSPS) is 20.8. The topological polar surface area (TPSA) is 209 Å². The van der Waals surface area contributed by atoms with E-state index in [4.69, 9.17) is 14.2 Å². The fourth-order valence-electron chi connectivity index (χ4n) is 7.78. The number of nitrogens with one attached hydrogen (secondary N) is 2. The highest BCUT2D eigenvalue weighted by Crippen LogP contribution is 2.49. The number of aromatic nitrogens is 5. The molecule has 18 nitrogen and oxygen atoms in total. The number of fused-ring (bicyclic) bond motifs is 3. The van der Waals surface area contributed by atoms with E-state index in [1.54, 1.807) is 66.3 Å². The Bertz CT molecular complexity index is 2330. The van der Waals surface area contributed by atoms with Gasteiger partial charge in [-0.25, -0.2) is 4.98 Å². The van der Waals surface area contributed by atoms with Crippen LogP contribution in [0.4, 0.5) is 5.69 Å². The molecular formula is C38H39N9O9. The average Bonchev–Trinajstić information content (AvgIpc) is 3.73. The molecule has 4 aliphatic heterocycles. The van der Waals surface area contributed by atoms with Crippen LogP contribution in [-0.2, 0) is 45.9 Å². The summed E-state index contributed by atoms with van der Waals surface area (Å²) < 4.78 is 20.2. The Hall–Kier alpha value is -6.43. The second-order valence-corrected chi connectivity index (χ2v) is 14.4. The maximum absolute atomic E-state index is 13.6. The molecule has 4 aromatic rings. The number of methoxy groups -OCH3 is 2. The molecule has 56 heavy (non-hydrogen) atoms. The summed E-state index contributed by atoms with van der Waals surface area (Å²) in [6.45, 7) is 2.93. The second-order valence-electron chi connectivity index (χ2n) is 14.4. The third-order valence-electron chi connectivity index (χ3n) is 10.9. The van der Waals surface area contributed by atoms with Crippen molar-refractivity contribution in [3.05, 3.63) is 81.2 Å². The summed E-state index contributed by atoms with van der Waals surface area (Å²) in [6, 6.07) is 8.51. The molecule has 5 aliphatic rings. The van der Waals surface area contributed by atoms with Crippen molar-refractivity contribution in [2.24, 2.45) is 13.0 Å². The lowest BCUT2D eigenvalue weighted by atomic mass is 9.63. The van der Waals surface area contributed by atoms with Crippen LogP contribution in [0.15, 0.2) is 47.5 Å². The zero-order valence-corrected chi connectivity index (χ0v) is 31.2. The summed E-state index contributed by atoms with van der Waals surface area (Å²) in [7, 11) is 4.73. The highest BCUT2D eigenvalue weighted by Gasteiger charge is 2.65. The van der Waals surface area contributed by atoms with Gasteiger partial charge in [-0.15, -0.1) is 5.10 Å². The minimum atomic E-state index is -1.35. The third kappa shape index (κ3) is 6.24. The fourth-order valence-corrected chi connectivity index (χ4v) is 7.78. The standard InChI is InChI=1S/C38H39N9O9/c1-20-34(50)44(2)17-28(40-20)21-10-29(54-3)26(30(11-21)55-4)18-56-19-31(48)46-16-24(46)8-9-45-15-23(42-43-45)14-39-27-7-5-6-25-32(27)36(52)47(35(25)51)38-12-22(13-38)33(49)41-37(38)53/h5-7,10-11,15,17,22,24,39H,8-9,12-14,16,18-19H2,1-4H3,(H,41,49,53). The maximum Gasteiger partial charge on any atom is 0.271 e. The monoisotopic (exact) mass is 765 g/mol. The molecule has 6 heterocycles. The number of benzene rings is 2. The average molecular weight is 766 g/mol. The number of hydrogen-bond donors (Lipinski definition) is 2. The number of aryl methyl sites for hydroxylation is 3. The van der Waals surface area contributed by atoms with Gasteiger partial charge < -0.3 is 29.0 Å². The first-order valence-electron chi connectivity index (χ1n) is 18.1. The van der Waals surface area contributed by atoms with E-state index in [1.165, 1.54) is 18.8 Å². The second kappa shape index (κ2) is 14.0. The summed E-state index contributed by atoms with van der Waals surface area (Å²) in [5.74, 6) is -1.66. The number of nitrogens with zero attached hydrogens (tertiary/aromatic N) is 7. The smallest absolute Gasteiger partial charge is 0.271 e. The molecule has 2 aromatic carbocycles. The highest BCUT2D eigenvalue weighted by molar-refractivity contribution is 6.26. The first-order valence-corrected chi connectivity index (χ1v) is 18.1. The van der Waals surface area contributed by atoms with Crippen molar-refractivity contribution >= 4 is 35.2 Å². The molecule has 18 heteroatoms. The number of anilines is 1. The molecule has 9 rings (SSSR count). The van der Waals surface area contributed by atoms with Gasteiger partial charge in [-0.05, 0) is 50.5 Å². The van der Waals surface area contributed by atoms with Crippen molar-refractivity contribution < 1.29 is 38.2 Å². The summed E-state index contributed by atoms with van der Waals surface area (Å²) in [4.78, 5) is 83.9. The van der Waals surface area contributed by atoms with Gasteiger partial charge in [-0.3, -0.25) is 43.7 Å². The van der Waals surface area contributed by atoms with E-state index < -0.39 is 29.2 Å². The molecule has 2 N–H and O–H groups in total. The van der Waals surface area contributed by atoms with Crippen molar-refractivity contribution in [2.45, 2.75) is 57.5 Å². The number of carbonyl (C=O) groups is 5. The summed E-state index contributed by atoms with van der Waals surface area (Å²) >= 11 is 0. The van der Waals surface area contributed by atoms with Gasteiger partial charge in [-0.2, -0.15) is 0 Å². The van der Waals surface area contributed by atoms with E-state index >= 15 is 0 Å².